The number of fused-ring (bicyclic) bond motifs is 1. The van der Waals surface area contributed by atoms with E-state index < -0.39 is 46.7 Å². The molecule has 0 aromatic heterocycles. The molecule has 0 N–H and O–H groups in total. The molecule has 0 radical (unpaired) electrons. The van der Waals surface area contributed by atoms with Gasteiger partial charge in [0.05, 0.1) is 12.0 Å². The summed E-state index contributed by atoms with van der Waals surface area (Å²) in [6.45, 7) is 4.93. The third kappa shape index (κ3) is 4.41. The van der Waals surface area contributed by atoms with Gasteiger partial charge in [-0.15, -0.1) is 0 Å². The van der Waals surface area contributed by atoms with Crippen LogP contribution in [0.5, 0.6) is 0 Å². The van der Waals surface area contributed by atoms with Gasteiger partial charge in [0, 0.05) is 0 Å². The third-order valence-electron chi connectivity index (χ3n) is 4.17. The van der Waals surface area contributed by atoms with E-state index in [1.807, 2.05) is 6.92 Å². The van der Waals surface area contributed by atoms with Crippen molar-refractivity contribution >= 4 is 16.3 Å². The highest BCUT2D eigenvalue weighted by Crippen LogP contribution is 2.39. The number of aryl methyl sites for hydroxylation is 1. The van der Waals surface area contributed by atoms with E-state index in [1.165, 1.54) is 12.1 Å². The monoisotopic (exact) mass is 402 g/mol. The van der Waals surface area contributed by atoms with Gasteiger partial charge in [0.25, 0.3) is 10.1 Å². The fourth-order valence-corrected chi connectivity index (χ4v) is 4.02. The molecule has 2 saturated heterocycles. The van der Waals surface area contributed by atoms with E-state index in [-0.39, 0.29) is 11.5 Å². The molecule has 10 heteroatoms. The number of hydrogen-bond donors (Lipinski definition) is 0. The first-order valence-electron chi connectivity index (χ1n) is 8.33. The summed E-state index contributed by atoms with van der Waals surface area (Å²) in [5, 5.41) is 0. The maximum atomic E-state index is 12.7. The van der Waals surface area contributed by atoms with Crippen molar-refractivity contribution in [3.63, 3.8) is 0 Å². The molecule has 4 atom stereocenters. The Labute approximate surface area is 157 Å². The summed E-state index contributed by atoms with van der Waals surface area (Å²) < 4.78 is 57.1. The molecule has 0 unspecified atom stereocenters. The molecule has 27 heavy (non-hydrogen) atoms. The normalized spacial score (nSPS) is 29.3. The molecule has 2 fully saturated rings. The van der Waals surface area contributed by atoms with E-state index in [2.05, 4.69) is 4.74 Å². The highest BCUT2D eigenvalue weighted by molar-refractivity contribution is 7.86. The van der Waals surface area contributed by atoms with E-state index in [4.69, 9.17) is 23.1 Å². The van der Waals surface area contributed by atoms with Crippen LogP contribution >= 0.6 is 0 Å². The maximum absolute atomic E-state index is 12.7. The Morgan fingerprint density at radius 2 is 1.85 bits per heavy atom. The molecule has 2 aliphatic rings. The second kappa shape index (κ2) is 7.36. The largest absolute Gasteiger partial charge is 0.508 e. The number of methoxy groups -OCH3 is 1. The lowest BCUT2D eigenvalue weighted by Gasteiger charge is -2.25. The number of carbonyl (C=O) groups is 1. The van der Waals surface area contributed by atoms with Crippen molar-refractivity contribution < 1.29 is 41.1 Å². The lowest BCUT2D eigenvalue weighted by Crippen LogP contribution is -2.40. The molecule has 0 bridgehead atoms. The van der Waals surface area contributed by atoms with Gasteiger partial charge in [-0.25, -0.2) is 4.79 Å². The number of hydrogen-bond acceptors (Lipinski definition) is 9. The molecule has 9 nitrogen and oxygen atoms in total. The lowest BCUT2D eigenvalue weighted by molar-refractivity contribution is -0.216. The van der Waals surface area contributed by atoms with Crippen LogP contribution in [0.3, 0.4) is 0 Å². The van der Waals surface area contributed by atoms with Gasteiger partial charge in [0.2, 0.25) is 0 Å². The minimum atomic E-state index is -4.10. The van der Waals surface area contributed by atoms with E-state index >= 15 is 0 Å². The van der Waals surface area contributed by atoms with Gasteiger partial charge in [-0.2, -0.15) is 8.42 Å². The molecule has 3 rings (SSSR count). The zero-order valence-corrected chi connectivity index (χ0v) is 16.2. The van der Waals surface area contributed by atoms with Crippen molar-refractivity contribution in [3.8, 4) is 0 Å². The zero-order chi connectivity index (χ0) is 19.8. The van der Waals surface area contributed by atoms with Gasteiger partial charge in [0.1, 0.15) is 24.9 Å². The highest BCUT2D eigenvalue weighted by Gasteiger charge is 2.57. The number of ether oxygens (including phenoxy) is 5. The first-order chi connectivity index (χ1) is 12.6. The van der Waals surface area contributed by atoms with Crippen molar-refractivity contribution in [1.29, 1.82) is 0 Å². The summed E-state index contributed by atoms with van der Waals surface area (Å²) in [5.41, 5.74) is 0.914. The predicted octanol–water partition coefficient (Wildman–Crippen LogP) is 1.73. The molecular formula is C17H22O9S. The SMILES string of the molecule is COC(=O)OC[C@@H]1O[C@H]2OC(C)(C)O[C@H]2[C@@H]1OS(=O)(=O)c1ccc(C)cc1. The molecule has 0 amide bonds. The van der Waals surface area contributed by atoms with Crippen molar-refractivity contribution in [2.75, 3.05) is 13.7 Å². The summed E-state index contributed by atoms with van der Waals surface area (Å²) in [6, 6.07) is 6.24. The predicted molar refractivity (Wildman–Crippen MR) is 90.3 cm³/mol. The average Bonchev–Trinajstić information content (AvgIpc) is 3.05. The quantitative estimate of drug-likeness (QED) is 0.537. The summed E-state index contributed by atoms with van der Waals surface area (Å²) in [7, 11) is -2.94. The fourth-order valence-electron chi connectivity index (χ4n) is 2.91. The molecule has 0 aliphatic carbocycles. The fraction of sp³-hybridized carbons (Fsp3) is 0.588. The van der Waals surface area contributed by atoms with Crippen LogP contribution < -0.4 is 0 Å². The number of benzene rings is 1. The summed E-state index contributed by atoms with van der Waals surface area (Å²) in [4.78, 5) is 11.2. The second-order valence-electron chi connectivity index (χ2n) is 6.74. The van der Waals surface area contributed by atoms with E-state index in [0.717, 1.165) is 12.7 Å². The number of carbonyl (C=O) groups excluding carboxylic acids is 1. The molecule has 2 aliphatic heterocycles. The summed E-state index contributed by atoms with van der Waals surface area (Å²) in [6.07, 6.45) is -4.53. The van der Waals surface area contributed by atoms with Crippen LogP contribution in [0.4, 0.5) is 4.79 Å². The zero-order valence-electron chi connectivity index (χ0n) is 15.4. The van der Waals surface area contributed by atoms with Gasteiger partial charge in [0.15, 0.2) is 12.1 Å². The van der Waals surface area contributed by atoms with Crippen molar-refractivity contribution in [2.45, 2.75) is 56.1 Å². The molecule has 150 valence electrons. The molecular weight excluding hydrogens is 380 g/mol. The molecule has 1 aromatic rings. The Morgan fingerprint density at radius 1 is 1.19 bits per heavy atom. The molecule has 1 aromatic carbocycles. The third-order valence-corrected chi connectivity index (χ3v) is 5.49. The van der Waals surface area contributed by atoms with Gasteiger partial charge < -0.3 is 23.7 Å². The van der Waals surface area contributed by atoms with Crippen molar-refractivity contribution in [2.24, 2.45) is 0 Å². The smallest absolute Gasteiger partial charge is 0.438 e. The lowest BCUT2D eigenvalue weighted by atomic mass is 10.1. The number of rotatable bonds is 5. The first-order valence-corrected chi connectivity index (χ1v) is 9.74. The summed E-state index contributed by atoms with van der Waals surface area (Å²) >= 11 is 0. The second-order valence-corrected chi connectivity index (χ2v) is 8.31. The van der Waals surface area contributed by atoms with Gasteiger partial charge in [-0.05, 0) is 32.9 Å². The Balaban J connectivity index is 1.80. The Kier molecular flexibility index (Phi) is 5.46. The van der Waals surface area contributed by atoms with Crippen molar-refractivity contribution in [1.82, 2.24) is 0 Å². The minimum absolute atomic E-state index is 0.00219. The van der Waals surface area contributed by atoms with Crippen LogP contribution in [0, 0.1) is 6.92 Å². The standard InChI is InChI=1S/C17H22O9S/c1-10-5-7-11(8-6-10)27(19,20)26-13-12(9-22-16(18)21-4)23-15-14(13)24-17(2,3)25-15/h5-8,12-15H,9H2,1-4H3/t12-,13+,14-,15-/m0/s1. The van der Waals surface area contributed by atoms with E-state index in [9.17, 15) is 13.2 Å². The van der Waals surface area contributed by atoms with Crippen LogP contribution in [-0.2, 0) is 38.0 Å². The van der Waals surface area contributed by atoms with Gasteiger partial charge >= 0.3 is 6.16 Å². The maximum Gasteiger partial charge on any atom is 0.508 e. The molecule has 0 spiro atoms. The summed E-state index contributed by atoms with van der Waals surface area (Å²) in [5.74, 6) is -0.960. The van der Waals surface area contributed by atoms with Crippen LogP contribution in [0.2, 0.25) is 0 Å². The average molecular weight is 402 g/mol. The van der Waals surface area contributed by atoms with Crippen LogP contribution in [0.1, 0.15) is 19.4 Å². The van der Waals surface area contributed by atoms with Crippen LogP contribution in [-0.4, -0.2) is 58.7 Å². The van der Waals surface area contributed by atoms with Gasteiger partial charge in [-0.1, -0.05) is 17.7 Å². The topological polar surface area (TPSA) is 107 Å². The van der Waals surface area contributed by atoms with Crippen molar-refractivity contribution in [3.05, 3.63) is 29.8 Å². The minimum Gasteiger partial charge on any atom is -0.438 e. The van der Waals surface area contributed by atoms with Crippen LogP contribution in [0.15, 0.2) is 29.2 Å². The molecule has 2 heterocycles. The van der Waals surface area contributed by atoms with Gasteiger partial charge in [-0.3, -0.25) is 4.18 Å². The Morgan fingerprint density at radius 3 is 2.48 bits per heavy atom. The van der Waals surface area contributed by atoms with E-state index in [1.54, 1.807) is 26.0 Å². The Hall–Kier alpha value is -1.72. The first kappa shape index (κ1) is 20.0. The van der Waals surface area contributed by atoms with Crippen LogP contribution in [0.25, 0.3) is 0 Å². The molecule has 0 saturated carbocycles. The highest BCUT2D eigenvalue weighted by atomic mass is 32.2. The van der Waals surface area contributed by atoms with E-state index in [0.29, 0.717) is 0 Å². The Bertz CT molecular complexity index is 787.